The highest BCUT2D eigenvalue weighted by Crippen LogP contribution is 2.28. The van der Waals surface area contributed by atoms with Crippen LogP contribution in [0.1, 0.15) is 28.2 Å². The van der Waals surface area contributed by atoms with Gasteiger partial charge in [0.15, 0.2) is 0 Å². The first kappa shape index (κ1) is 15.8. The summed E-state index contributed by atoms with van der Waals surface area (Å²) in [4.78, 5) is 19.5. The van der Waals surface area contributed by atoms with Gasteiger partial charge in [-0.15, -0.1) is 11.3 Å². The van der Waals surface area contributed by atoms with Crippen LogP contribution in [0.15, 0.2) is 29.6 Å². The van der Waals surface area contributed by atoms with Gasteiger partial charge in [0.05, 0.1) is 10.7 Å². The van der Waals surface area contributed by atoms with Crippen molar-refractivity contribution in [1.29, 1.82) is 0 Å². The van der Waals surface area contributed by atoms with E-state index in [2.05, 4.69) is 15.7 Å². The van der Waals surface area contributed by atoms with Gasteiger partial charge in [0.1, 0.15) is 0 Å². The first-order chi connectivity index (χ1) is 11.7. The lowest BCUT2D eigenvalue weighted by Gasteiger charge is -2.21. The molecule has 0 aliphatic carbocycles. The Hall–Kier alpha value is -1.72. The van der Waals surface area contributed by atoms with Crippen molar-refractivity contribution in [2.75, 3.05) is 26.2 Å². The summed E-state index contributed by atoms with van der Waals surface area (Å²) in [5.74, 6) is 1.65. The van der Waals surface area contributed by atoms with E-state index < -0.39 is 0 Å². The molecule has 1 N–H and O–H groups in total. The van der Waals surface area contributed by atoms with Gasteiger partial charge in [0.25, 0.3) is 5.91 Å². The third-order valence-electron chi connectivity index (χ3n) is 5.33. The van der Waals surface area contributed by atoms with E-state index >= 15 is 0 Å². The van der Waals surface area contributed by atoms with Gasteiger partial charge >= 0.3 is 0 Å². The predicted octanol–water partition coefficient (Wildman–Crippen LogP) is 3.19. The molecule has 3 heterocycles. The summed E-state index contributed by atoms with van der Waals surface area (Å²) in [6.07, 6.45) is 2.24. The molecule has 2 aliphatic heterocycles. The summed E-state index contributed by atoms with van der Waals surface area (Å²) in [5, 5.41) is 6.59. The number of thiazole rings is 1. The highest BCUT2D eigenvalue weighted by atomic mass is 32.1. The zero-order chi connectivity index (χ0) is 16.5. The number of carbonyl (C=O) groups excluding carboxylic acids is 1. The maximum Gasteiger partial charge on any atom is 0.253 e. The summed E-state index contributed by atoms with van der Waals surface area (Å²) in [7, 11) is 0. The van der Waals surface area contributed by atoms with Crippen molar-refractivity contribution < 1.29 is 4.79 Å². The van der Waals surface area contributed by atoms with E-state index in [4.69, 9.17) is 0 Å². The van der Waals surface area contributed by atoms with E-state index in [0.717, 1.165) is 72.7 Å². The molecule has 0 spiro atoms. The second-order valence-corrected chi connectivity index (χ2v) is 7.94. The van der Waals surface area contributed by atoms with Crippen molar-refractivity contribution in [3.8, 4) is 11.3 Å². The number of carbonyl (C=O) groups is 1. The number of rotatable bonds is 2. The van der Waals surface area contributed by atoms with Crippen LogP contribution in [0.3, 0.4) is 0 Å². The van der Waals surface area contributed by atoms with Gasteiger partial charge in [0, 0.05) is 29.6 Å². The fourth-order valence-corrected chi connectivity index (χ4v) is 4.53. The van der Waals surface area contributed by atoms with Crippen molar-refractivity contribution >= 4 is 17.2 Å². The van der Waals surface area contributed by atoms with Crippen LogP contribution >= 0.6 is 11.3 Å². The molecular formula is C19H23N3OS. The molecule has 0 saturated carbocycles. The summed E-state index contributed by atoms with van der Waals surface area (Å²) >= 11 is 1.64. The van der Waals surface area contributed by atoms with Gasteiger partial charge in [-0.25, -0.2) is 4.98 Å². The van der Waals surface area contributed by atoms with Gasteiger partial charge < -0.3 is 10.2 Å². The Kier molecular flexibility index (Phi) is 4.37. The molecule has 2 atom stereocenters. The first-order valence-electron chi connectivity index (χ1n) is 8.73. The monoisotopic (exact) mass is 341 g/mol. The molecule has 2 aliphatic rings. The number of aryl methyl sites for hydroxylation is 1. The van der Waals surface area contributed by atoms with Gasteiger partial charge in [-0.2, -0.15) is 0 Å². The van der Waals surface area contributed by atoms with Crippen LogP contribution in [0, 0.1) is 18.8 Å². The Labute approximate surface area is 146 Å². The number of hydrogen-bond donors (Lipinski definition) is 1. The van der Waals surface area contributed by atoms with Crippen molar-refractivity contribution in [3.05, 3.63) is 40.2 Å². The molecule has 0 unspecified atom stereocenters. The lowest BCUT2D eigenvalue weighted by Crippen LogP contribution is -2.32. The van der Waals surface area contributed by atoms with Crippen molar-refractivity contribution in [2.24, 2.45) is 11.8 Å². The first-order valence-corrected chi connectivity index (χ1v) is 9.61. The van der Waals surface area contributed by atoms with Crippen LogP contribution in [-0.4, -0.2) is 42.0 Å². The average Bonchev–Trinajstić information content (AvgIpc) is 3.19. The lowest BCUT2D eigenvalue weighted by molar-refractivity contribution is 0.0758. The Balaban J connectivity index is 1.52. The maximum atomic E-state index is 13.0. The minimum Gasteiger partial charge on any atom is -0.339 e. The van der Waals surface area contributed by atoms with Gasteiger partial charge in [-0.05, 0) is 56.8 Å². The molecule has 1 aromatic carbocycles. The molecule has 2 fully saturated rings. The normalized spacial score (nSPS) is 23.8. The number of benzene rings is 1. The third kappa shape index (κ3) is 3.10. The number of hydrogen-bond acceptors (Lipinski definition) is 4. The topological polar surface area (TPSA) is 45.2 Å². The van der Waals surface area contributed by atoms with Crippen molar-refractivity contribution in [3.63, 3.8) is 0 Å². The smallest absolute Gasteiger partial charge is 0.253 e. The second kappa shape index (κ2) is 6.65. The molecule has 0 bridgehead atoms. The van der Waals surface area contributed by atoms with E-state index in [1.807, 2.05) is 36.1 Å². The molecule has 126 valence electrons. The van der Waals surface area contributed by atoms with E-state index in [1.165, 1.54) is 0 Å². The van der Waals surface area contributed by atoms with E-state index in [9.17, 15) is 4.79 Å². The van der Waals surface area contributed by atoms with Crippen LogP contribution in [0.5, 0.6) is 0 Å². The largest absolute Gasteiger partial charge is 0.339 e. The fourth-order valence-electron chi connectivity index (χ4n) is 3.91. The Bertz CT molecular complexity index is 728. The van der Waals surface area contributed by atoms with Crippen LogP contribution in [0.2, 0.25) is 0 Å². The molecule has 0 radical (unpaired) electrons. The number of aromatic nitrogens is 1. The molecule has 1 amide bonds. The van der Waals surface area contributed by atoms with Crippen LogP contribution in [0.4, 0.5) is 0 Å². The number of nitrogens with zero attached hydrogens (tertiary/aromatic N) is 2. The quantitative estimate of drug-likeness (QED) is 0.912. The van der Waals surface area contributed by atoms with Crippen molar-refractivity contribution in [1.82, 2.24) is 15.2 Å². The molecule has 1 aromatic heterocycles. The van der Waals surface area contributed by atoms with Crippen LogP contribution in [-0.2, 0) is 0 Å². The summed E-state index contributed by atoms with van der Waals surface area (Å²) < 4.78 is 0. The van der Waals surface area contributed by atoms with Crippen LogP contribution < -0.4 is 5.32 Å². The molecule has 2 aromatic rings. The van der Waals surface area contributed by atoms with Gasteiger partial charge in [-0.1, -0.05) is 12.1 Å². The minimum absolute atomic E-state index is 0.164. The van der Waals surface area contributed by atoms with E-state index in [1.54, 1.807) is 11.3 Å². The summed E-state index contributed by atoms with van der Waals surface area (Å²) in [5.41, 5.74) is 2.77. The second-order valence-electron chi connectivity index (χ2n) is 6.88. The highest BCUT2D eigenvalue weighted by molar-refractivity contribution is 7.09. The number of nitrogens with one attached hydrogen (secondary N) is 1. The zero-order valence-corrected chi connectivity index (χ0v) is 14.8. The Morgan fingerprint density at radius 3 is 2.67 bits per heavy atom. The zero-order valence-electron chi connectivity index (χ0n) is 14.0. The van der Waals surface area contributed by atoms with Gasteiger partial charge in [-0.3, -0.25) is 4.79 Å². The molecule has 4 rings (SSSR count). The molecule has 24 heavy (non-hydrogen) atoms. The fraction of sp³-hybridized carbons (Fsp3) is 0.474. The minimum atomic E-state index is 0.164. The third-order valence-corrected chi connectivity index (χ3v) is 6.10. The maximum absolute atomic E-state index is 13.0. The Morgan fingerprint density at radius 2 is 2.00 bits per heavy atom. The van der Waals surface area contributed by atoms with E-state index in [-0.39, 0.29) is 5.91 Å². The average molecular weight is 341 g/mol. The SMILES string of the molecule is Cc1nc(-c2cccc(C(=O)N3CC[C@@H]4CNC[C@@H]4CC3)c2)cs1. The number of amides is 1. The molecular weight excluding hydrogens is 318 g/mol. The van der Waals surface area contributed by atoms with Gasteiger partial charge in [0.2, 0.25) is 0 Å². The Morgan fingerprint density at radius 1 is 1.25 bits per heavy atom. The van der Waals surface area contributed by atoms with Crippen LogP contribution in [0.25, 0.3) is 11.3 Å². The lowest BCUT2D eigenvalue weighted by atomic mass is 9.92. The number of likely N-dealkylation sites (tertiary alicyclic amines) is 1. The summed E-state index contributed by atoms with van der Waals surface area (Å²) in [6.45, 7) is 5.99. The van der Waals surface area contributed by atoms with Crippen molar-refractivity contribution in [2.45, 2.75) is 19.8 Å². The number of fused-ring (bicyclic) bond motifs is 1. The molecule has 5 heteroatoms. The standard InChI is InChI=1S/C19H23N3OS/c1-13-21-18(12-24-13)14-3-2-4-15(9-14)19(23)22-7-5-16-10-20-11-17(16)6-8-22/h2-4,9,12,16-17,20H,5-8,10-11H2,1H3/t16-,17+. The summed E-state index contributed by atoms with van der Waals surface area (Å²) in [6, 6.07) is 7.92. The molecule has 2 saturated heterocycles. The predicted molar refractivity (Wildman–Crippen MR) is 97.3 cm³/mol. The van der Waals surface area contributed by atoms with E-state index in [0.29, 0.717) is 0 Å². The molecule has 4 nitrogen and oxygen atoms in total. The highest BCUT2D eigenvalue weighted by Gasteiger charge is 2.31.